The molecule has 0 aliphatic carbocycles. The van der Waals surface area contributed by atoms with Gasteiger partial charge in [0.05, 0.1) is 43.2 Å². The van der Waals surface area contributed by atoms with Crippen LogP contribution in [0.1, 0.15) is 242 Å². The van der Waals surface area contributed by atoms with E-state index >= 15 is 0 Å². The first-order valence-corrected chi connectivity index (χ1v) is 24.2. The van der Waals surface area contributed by atoms with Crippen LogP contribution in [0.4, 0.5) is 4.79 Å². The molecular weight excluding hydrogens is 687 g/mol. The Hall–Kier alpha value is -0.890. The molecule has 7 heteroatoms. The number of hydrogen-bond acceptors (Lipinski definition) is 6. The van der Waals surface area contributed by atoms with E-state index in [0.717, 1.165) is 45.1 Å². The fourth-order valence-electron chi connectivity index (χ4n) is 7.52. The van der Waals surface area contributed by atoms with Crippen LogP contribution in [0.2, 0.25) is 0 Å². The van der Waals surface area contributed by atoms with Crippen LogP contribution >= 0.6 is 0 Å². The van der Waals surface area contributed by atoms with Crippen LogP contribution in [0, 0.1) is 0 Å². The monoisotopic (exact) mass is 784 g/mol. The van der Waals surface area contributed by atoms with Gasteiger partial charge in [0.25, 0.3) is 0 Å². The Bertz CT molecular complexity index is 799. The molecule has 1 N–H and O–H groups in total. The maximum atomic E-state index is 12.8. The van der Waals surface area contributed by atoms with Gasteiger partial charge in [-0.1, -0.05) is 183 Å². The number of nitrogens with one attached hydrogen (secondary N) is 1. The molecule has 0 aliphatic heterocycles. The Kier molecular flexibility index (Phi) is 38.0. The molecule has 0 saturated carbocycles. The van der Waals surface area contributed by atoms with Gasteiger partial charge >= 0.3 is 6.09 Å². The van der Waals surface area contributed by atoms with Crippen molar-refractivity contribution in [2.45, 2.75) is 265 Å². The summed E-state index contributed by atoms with van der Waals surface area (Å²) in [5.41, 5.74) is -0.642. The zero-order valence-corrected chi connectivity index (χ0v) is 38.4. The highest BCUT2D eigenvalue weighted by Gasteiger charge is 2.35. The molecule has 1 atom stereocenters. The molecule has 1 amide bonds. The molecule has 0 fully saturated rings. The van der Waals surface area contributed by atoms with E-state index in [1.807, 2.05) is 0 Å². The largest absolute Gasteiger partial charge is 0.449 e. The first-order chi connectivity index (χ1) is 26.8. The minimum atomic E-state index is -0.402. The standard InChI is InChI=1S/C48H97NO6/c1-9-15-17-19-21-23-25-27-29-31-33-35-38-51-42-45(52-39-36-34-32-30-28-26-24-22-20-18-16-10-2)41-49-46(50)53-40-37-47(11-3,12-4)54-43-48(13-5,14-6)55-44(7)8/h44-45H,9-43H2,1-8H3,(H,49,50). The van der Waals surface area contributed by atoms with Gasteiger partial charge in [0.15, 0.2) is 0 Å². The lowest BCUT2D eigenvalue weighted by molar-refractivity contribution is -0.169. The van der Waals surface area contributed by atoms with Crippen LogP contribution < -0.4 is 5.32 Å². The summed E-state index contributed by atoms with van der Waals surface area (Å²) < 4.78 is 31.0. The van der Waals surface area contributed by atoms with E-state index in [1.165, 1.54) is 141 Å². The second-order valence-corrected chi connectivity index (χ2v) is 16.8. The van der Waals surface area contributed by atoms with Crippen LogP contribution in [0.5, 0.6) is 0 Å². The van der Waals surface area contributed by atoms with Gasteiger partial charge in [-0.05, 0) is 52.4 Å². The number of rotatable bonds is 43. The fourth-order valence-corrected chi connectivity index (χ4v) is 7.52. The highest BCUT2D eigenvalue weighted by atomic mass is 16.6. The summed E-state index contributed by atoms with van der Waals surface area (Å²) in [6.07, 6.45) is 35.6. The average molecular weight is 784 g/mol. The van der Waals surface area contributed by atoms with Crippen molar-refractivity contribution in [1.29, 1.82) is 0 Å². The molecule has 0 spiro atoms. The highest BCUT2D eigenvalue weighted by Crippen LogP contribution is 2.30. The smallest absolute Gasteiger partial charge is 0.407 e. The fraction of sp³-hybridized carbons (Fsp3) is 0.979. The number of ether oxygens (including phenoxy) is 5. The van der Waals surface area contributed by atoms with E-state index in [-0.39, 0.29) is 23.4 Å². The predicted molar refractivity (Wildman–Crippen MR) is 235 cm³/mol. The third kappa shape index (κ3) is 31.7. The minimum Gasteiger partial charge on any atom is -0.449 e. The van der Waals surface area contributed by atoms with Crippen molar-refractivity contribution in [3.63, 3.8) is 0 Å². The number of carbonyl (C=O) groups excluding carboxylic acids is 1. The lowest BCUT2D eigenvalue weighted by atomic mass is 9.92. The van der Waals surface area contributed by atoms with E-state index in [4.69, 9.17) is 23.7 Å². The number of hydrogen-bond donors (Lipinski definition) is 1. The van der Waals surface area contributed by atoms with Crippen LogP contribution in [0.15, 0.2) is 0 Å². The SMILES string of the molecule is CCCCCCCCCCCCCCOCC(CNC(=O)OCCC(CC)(CC)OCC(CC)(CC)OC(C)C)OCCCCCCCCCCCCCC. The van der Waals surface area contributed by atoms with Gasteiger partial charge in [-0.2, -0.15) is 0 Å². The molecule has 0 aliphatic rings. The molecule has 55 heavy (non-hydrogen) atoms. The Morgan fingerprint density at radius 2 is 0.945 bits per heavy atom. The van der Waals surface area contributed by atoms with Crippen molar-refractivity contribution in [2.75, 3.05) is 39.6 Å². The van der Waals surface area contributed by atoms with Crippen molar-refractivity contribution >= 4 is 6.09 Å². The van der Waals surface area contributed by atoms with Gasteiger partial charge in [0.1, 0.15) is 0 Å². The lowest BCUT2D eigenvalue weighted by Gasteiger charge is -2.39. The predicted octanol–water partition coefficient (Wildman–Crippen LogP) is 14.5. The summed E-state index contributed by atoms with van der Waals surface area (Å²) in [4.78, 5) is 12.8. The summed E-state index contributed by atoms with van der Waals surface area (Å²) in [5.74, 6) is 0. The highest BCUT2D eigenvalue weighted by molar-refractivity contribution is 5.67. The Morgan fingerprint density at radius 1 is 0.527 bits per heavy atom. The second kappa shape index (κ2) is 38.6. The summed E-state index contributed by atoms with van der Waals surface area (Å²) in [6, 6.07) is 0. The van der Waals surface area contributed by atoms with E-state index in [2.05, 4.69) is 60.7 Å². The Morgan fingerprint density at radius 3 is 1.36 bits per heavy atom. The molecule has 0 heterocycles. The van der Waals surface area contributed by atoms with Crippen LogP contribution in [0.25, 0.3) is 0 Å². The number of alkyl carbamates (subject to hydrolysis) is 1. The van der Waals surface area contributed by atoms with Gasteiger partial charge in [-0.15, -0.1) is 0 Å². The van der Waals surface area contributed by atoms with E-state index in [9.17, 15) is 4.79 Å². The van der Waals surface area contributed by atoms with Crippen molar-refractivity contribution in [3.05, 3.63) is 0 Å². The van der Waals surface area contributed by atoms with Gasteiger partial charge < -0.3 is 29.0 Å². The Balaban J connectivity index is 4.64. The zero-order chi connectivity index (χ0) is 40.7. The van der Waals surface area contributed by atoms with E-state index in [1.54, 1.807) is 0 Å². The van der Waals surface area contributed by atoms with Crippen LogP contribution in [-0.4, -0.2) is 69.1 Å². The van der Waals surface area contributed by atoms with Gasteiger partial charge in [-0.3, -0.25) is 0 Å². The molecule has 0 aromatic heterocycles. The zero-order valence-electron chi connectivity index (χ0n) is 38.4. The maximum Gasteiger partial charge on any atom is 0.407 e. The minimum absolute atomic E-state index is 0.144. The van der Waals surface area contributed by atoms with Crippen LogP contribution in [0.3, 0.4) is 0 Å². The number of carbonyl (C=O) groups is 1. The van der Waals surface area contributed by atoms with Crippen LogP contribution in [-0.2, 0) is 23.7 Å². The van der Waals surface area contributed by atoms with Gasteiger partial charge in [0.2, 0.25) is 0 Å². The van der Waals surface area contributed by atoms with Gasteiger partial charge in [0, 0.05) is 26.2 Å². The van der Waals surface area contributed by atoms with E-state index < -0.39 is 6.09 Å². The number of unbranched alkanes of at least 4 members (excludes halogenated alkanes) is 22. The second-order valence-electron chi connectivity index (χ2n) is 16.8. The molecule has 7 nitrogen and oxygen atoms in total. The molecule has 330 valence electrons. The lowest BCUT2D eigenvalue weighted by Crippen LogP contribution is -2.44. The average Bonchev–Trinajstić information content (AvgIpc) is 3.19. The molecule has 1 unspecified atom stereocenters. The molecule has 0 bridgehead atoms. The van der Waals surface area contributed by atoms with Crippen molar-refractivity contribution in [2.24, 2.45) is 0 Å². The summed E-state index contributed by atoms with van der Waals surface area (Å²) >= 11 is 0. The van der Waals surface area contributed by atoms with Crippen molar-refractivity contribution < 1.29 is 28.5 Å². The summed E-state index contributed by atoms with van der Waals surface area (Å²) in [6.45, 7) is 20.6. The molecule has 0 aromatic rings. The summed E-state index contributed by atoms with van der Waals surface area (Å²) in [7, 11) is 0. The first-order valence-electron chi connectivity index (χ1n) is 24.2. The molecular formula is C48H97NO6. The van der Waals surface area contributed by atoms with E-state index in [0.29, 0.717) is 39.4 Å². The van der Waals surface area contributed by atoms with Crippen molar-refractivity contribution in [3.8, 4) is 0 Å². The maximum absolute atomic E-state index is 12.8. The molecule has 0 radical (unpaired) electrons. The summed E-state index contributed by atoms with van der Waals surface area (Å²) in [5, 5.41) is 2.97. The number of amides is 1. The normalized spacial score (nSPS) is 12.8. The first kappa shape index (κ1) is 54.1. The van der Waals surface area contributed by atoms with Crippen molar-refractivity contribution in [1.82, 2.24) is 5.32 Å². The third-order valence-electron chi connectivity index (χ3n) is 11.8. The van der Waals surface area contributed by atoms with Gasteiger partial charge in [-0.25, -0.2) is 4.79 Å². The molecule has 0 aromatic carbocycles. The Labute approximate surface area is 343 Å². The third-order valence-corrected chi connectivity index (χ3v) is 11.8. The topological polar surface area (TPSA) is 75.3 Å². The molecule has 0 saturated heterocycles. The molecule has 0 rings (SSSR count). The quantitative estimate of drug-likeness (QED) is 0.0621.